The predicted octanol–water partition coefficient (Wildman–Crippen LogP) is 1.39. The van der Waals surface area contributed by atoms with Crippen molar-refractivity contribution in [2.24, 2.45) is 0 Å². The van der Waals surface area contributed by atoms with E-state index in [1.54, 1.807) is 7.11 Å². The Hall–Kier alpha value is -3.46. The van der Waals surface area contributed by atoms with Crippen LogP contribution in [-0.4, -0.2) is 57.7 Å². The number of rotatable bonds is 6. The van der Waals surface area contributed by atoms with Gasteiger partial charge in [-0.2, -0.15) is 0 Å². The van der Waals surface area contributed by atoms with Crippen molar-refractivity contribution in [3.63, 3.8) is 0 Å². The van der Waals surface area contributed by atoms with Gasteiger partial charge in [0.1, 0.15) is 17.6 Å². The SMILES string of the molecule is COc1ccc2ccccc2c1CN1CCc2nnc(CNC(=O)C3CCC(=O)N3)n2CC1. The van der Waals surface area contributed by atoms with Crippen LogP contribution in [0, 0.1) is 0 Å². The molecule has 9 heteroatoms. The fourth-order valence-electron chi connectivity index (χ4n) is 4.71. The highest BCUT2D eigenvalue weighted by molar-refractivity contribution is 5.90. The fraction of sp³-hybridized carbons (Fsp3) is 0.417. The fourth-order valence-corrected chi connectivity index (χ4v) is 4.71. The molecule has 3 heterocycles. The van der Waals surface area contributed by atoms with Crippen LogP contribution in [0.15, 0.2) is 36.4 Å². The lowest BCUT2D eigenvalue weighted by molar-refractivity contribution is -0.125. The van der Waals surface area contributed by atoms with E-state index >= 15 is 0 Å². The van der Waals surface area contributed by atoms with E-state index in [1.165, 1.54) is 16.3 Å². The van der Waals surface area contributed by atoms with Crippen molar-refractivity contribution in [1.29, 1.82) is 0 Å². The van der Waals surface area contributed by atoms with Gasteiger partial charge >= 0.3 is 0 Å². The van der Waals surface area contributed by atoms with Crippen molar-refractivity contribution in [3.05, 3.63) is 53.6 Å². The lowest BCUT2D eigenvalue weighted by Gasteiger charge is -2.22. The number of aromatic nitrogens is 3. The minimum Gasteiger partial charge on any atom is -0.496 e. The van der Waals surface area contributed by atoms with Gasteiger partial charge in [0.2, 0.25) is 11.8 Å². The molecule has 2 aromatic carbocycles. The molecule has 1 fully saturated rings. The molecule has 5 rings (SSSR count). The van der Waals surface area contributed by atoms with E-state index in [0.717, 1.165) is 50.0 Å². The summed E-state index contributed by atoms with van der Waals surface area (Å²) >= 11 is 0. The van der Waals surface area contributed by atoms with Crippen molar-refractivity contribution in [2.75, 3.05) is 20.2 Å². The Morgan fingerprint density at radius 3 is 2.85 bits per heavy atom. The molecule has 2 N–H and O–H groups in total. The van der Waals surface area contributed by atoms with Crippen LogP contribution in [0.1, 0.15) is 30.1 Å². The maximum atomic E-state index is 12.3. The third kappa shape index (κ3) is 4.41. The Kier molecular flexibility index (Phi) is 5.95. The number of amides is 2. The Morgan fingerprint density at radius 1 is 1.15 bits per heavy atom. The first-order valence-electron chi connectivity index (χ1n) is 11.4. The van der Waals surface area contributed by atoms with E-state index in [2.05, 4.69) is 60.6 Å². The second-order valence-electron chi connectivity index (χ2n) is 8.55. The largest absolute Gasteiger partial charge is 0.496 e. The molecule has 2 aliphatic heterocycles. The van der Waals surface area contributed by atoms with Crippen LogP contribution in [0.2, 0.25) is 0 Å². The van der Waals surface area contributed by atoms with Gasteiger partial charge in [-0.05, 0) is 23.3 Å². The van der Waals surface area contributed by atoms with Gasteiger partial charge < -0.3 is 19.9 Å². The molecular formula is C24H28N6O3. The summed E-state index contributed by atoms with van der Waals surface area (Å²) in [5.41, 5.74) is 1.19. The number of hydrogen-bond donors (Lipinski definition) is 2. The highest BCUT2D eigenvalue weighted by Crippen LogP contribution is 2.29. The number of methoxy groups -OCH3 is 1. The van der Waals surface area contributed by atoms with Gasteiger partial charge in [0.25, 0.3) is 0 Å². The molecule has 2 aliphatic rings. The smallest absolute Gasteiger partial charge is 0.242 e. The highest BCUT2D eigenvalue weighted by Gasteiger charge is 2.27. The van der Waals surface area contributed by atoms with Gasteiger partial charge in [-0.1, -0.05) is 30.3 Å². The normalized spacial score (nSPS) is 18.6. The standard InChI is InChI=1S/C24H28N6O3/c1-33-20-8-6-16-4-2-3-5-17(16)18(20)15-29-11-10-21-27-28-22(30(21)13-12-29)14-25-24(32)19-7-9-23(31)26-19/h2-6,8,19H,7,9-15H2,1H3,(H,25,32)(H,26,31). The number of hydrogen-bond acceptors (Lipinski definition) is 6. The predicted molar refractivity (Wildman–Crippen MR) is 123 cm³/mol. The van der Waals surface area contributed by atoms with E-state index in [4.69, 9.17) is 4.74 Å². The average Bonchev–Trinajstić information content (AvgIpc) is 3.39. The van der Waals surface area contributed by atoms with Crippen LogP contribution in [0.25, 0.3) is 10.8 Å². The second kappa shape index (κ2) is 9.19. The summed E-state index contributed by atoms with van der Waals surface area (Å²) in [4.78, 5) is 26.1. The van der Waals surface area contributed by atoms with Crippen LogP contribution in [-0.2, 0) is 35.6 Å². The zero-order valence-electron chi connectivity index (χ0n) is 18.7. The van der Waals surface area contributed by atoms with E-state index in [0.29, 0.717) is 19.4 Å². The maximum Gasteiger partial charge on any atom is 0.242 e. The van der Waals surface area contributed by atoms with Crippen LogP contribution >= 0.6 is 0 Å². The molecule has 1 unspecified atom stereocenters. The van der Waals surface area contributed by atoms with Gasteiger partial charge in [-0.25, -0.2) is 0 Å². The number of nitrogens with one attached hydrogen (secondary N) is 2. The monoisotopic (exact) mass is 448 g/mol. The Balaban J connectivity index is 1.26. The molecule has 33 heavy (non-hydrogen) atoms. The van der Waals surface area contributed by atoms with Crippen LogP contribution in [0.4, 0.5) is 0 Å². The molecule has 0 aliphatic carbocycles. The number of benzene rings is 2. The van der Waals surface area contributed by atoms with Gasteiger partial charge in [-0.15, -0.1) is 10.2 Å². The molecule has 0 saturated carbocycles. The molecule has 0 spiro atoms. The van der Waals surface area contributed by atoms with E-state index in [1.807, 2.05) is 6.07 Å². The number of ether oxygens (including phenoxy) is 1. The lowest BCUT2D eigenvalue weighted by atomic mass is 10.0. The summed E-state index contributed by atoms with van der Waals surface area (Å²) < 4.78 is 7.78. The minimum atomic E-state index is -0.449. The summed E-state index contributed by atoms with van der Waals surface area (Å²) in [5, 5.41) is 16.7. The molecule has 9 nitrogen and oxygen atoms in total. The van der Waals surface area contributed by atoms with Crippen molar-refractivity contribution in [3.8, 4) is 5.75 Å². The van der Waals surface area contributed by atoms with E-state index < -0.39 is 6.04 Å². The summed E-state index contributed by atoms with van der Waals surface area (Å²) in [6.45, 7) is 3.55. The minimum absolute atomic E-state index is 0.0746. The third-order valence-electron chi connectivity index (χ3n) is 6.53. The van der Waals surface area contributed by atoms with Gasteiger partial charge in [0.05, 0.1) is 13.7 Å². The molecule has 2 amide bonds. The Labute approximate surface area is 192 Å². The van der Waals surface area contributed by atoms with Gasteiger partial charge in [0, 0.05) is 44.6 Å². The summed E-state index contributed by atoms with van der Waals surface area (Å²) in [7, 11) is 1.72. The van der Waals surface area contributed by atoms with Crippen LogP contribution in [0.3, 0.4) is 0 Å². The first-order valence-corrected chi connectivity index (χ1v) is 11.4. The number of fused-ring (bicyclic) bond motifs is 2. The Bertz CT molecular complexity index is 1190. The molecule has 0 radical (unpaired) electrons. The maximum absolute atomic E-state index is 12.3. The van der Waals surface area contributed by atoms with Crippen molar-refractivity contribution in [1.82, 2.24) is 30.3 Å². The first kappa shape index (κ1) is 21.4. The first-order chi connectivity index (χ1) is 16.1. The van der Waals surface area contributed by atoms with Crippen LogP contribution in [0.5, 0.6) is 5.75 Å². The van der Waals surface area contributed by atoms with Gasteiger partial charge in [-0.3, -0.25) is 14.5 Å². The average molecular weight is 449 g/mol. The topological polar surface area (TPSA) is 101 Å². The third-order valence-corrected chi connectivity index (χ3v) is 6.53. The van der Waals surface area contributed by atoms with Crippen molar-refractivity contribution < 1.29 is 14.3 Å². The molecule has 3 aromatic rings. The van der Waals surface area contributed by atoms with Crippen molar-refractivity contribution in [2.45, 2.75) is 44.9 Å². The van der Waals surface area contributed by atoms with Crippen LogP contribution < -0.4 is 15.4 Å². The molecule has 1 saturated heterocycles. The molecule has 1 atom stereocenters. The zero-order valence-corrected chi connectivity index (χ0v) is 18.7. The highest BCUT2D eigenvalue weighted by atomic mass is 16.5. The van der Waals surface area contributed by atoms with E-state index in [9.17, 15) is 9.59 Å². The van der Waals surface area contributed by atoms with Crippen molar-refractivity contribution >= 4 is 22.6 Å². The molecule has 0 bridgehead atoms. The summed E-state index contributed by atoms with van der Waals surface area (Å²) in [6.07, 6.45) is 1.72. The van der Waals surface area contributed by atoms with E-state index in [-0.39, 0.29) is 11.8 Å². The number of carbonyl (C=O) groups is 2. The Morgan fingerprint density at radius 2 is 2.03 bits per heavy atom. The lowest BCUT2D eigenvalue weighted by Crippen LogP contribution is -2.41. The molecule has 172 valence electrons. The zero-order chi connectivity index (χ0) is 22.8. The number of nitrogens with zero attached hydrogens (tertiary/aromatic N) is 4. The second-order valence-corrected chi connectivity index (χ2v) is 8.55. The quantitative estimate of drug-likeness (QED) is 0.591. The summed E-state index contributed by atoms with van der Waals surface area (Å²) in [6, 6.07) is 12.1. The molecule has 1 aromatic heterocycles. The van der Waals surface area contributed by atoms with Gasteiger partial charge in [0.15, 0.2) is 5.82 Å². The molecular weight excluding hydrogens is 420 g/mol. The summed E-state index contributed by atoms with van der Waals surface area (Å²) in [5.74, 6) is 2.33. The number of carbonyl (C=O) groups excluding carboxylic acids is 2.